The summed E-state index contributed by atoms with van der Waals surface area (Å²) in [5, 5.41) is 0. The molecule has 2 aliphatic rings. The second-order valence-corrected chi connectivity index (χ2v) is 5.17. The minimum absolute atomic E-state index is 0.00324. The van der Waals surface area contributed by atoms with Crippen molar-refractivity contribution in [3.8, 4) is 0 Å². The fourth-order valence-electron chi connectivity index (χ4n) is 2.82. The molecule has 2 aliphatic heterocycles. The molecule has 2 nitrogen and oxygen atoms in total. The van der Waals surface area contributed by atoms with E-state index in [2.05, 4.69) is 32.0 Å². The zero-order valence-corrected chi connectivity index (χ0v) is 9.21. The third-order valence-corrected chi connectivity index (χ3v) is 3.62. The Morgan fingerprint density at radius 2 is 2.13 bits per heavy atom. The highest BCUT2D eigenvalue weighted by atomic mass is 16.2. The van der Waals surface area contributed by atoms with Crippen molar-refractivity contribution in [2.75, 3.05) is 11.4 Å². The van der Waals surface area contributed by atoms with Gasteiger partial charge in [0.1, 0.15) is 0 Å². The van der Waals surface area contributed by atoms with Crippen molar-refractivity contribution in [1.82, 2.24) is 0 Å². The first-order valence-electron chi connectivity index (χ1n) is 5.52. The van der Waals surface area contributed by atoms with Gasteiger partial charge in [-0.05, 0) is 17.5 Å². The number of benzene rings is 1. The van der Waals surface area contributed by atoms with Crippen LogP contribution in [0.2, 0.25) is 0 Å². The Hall–Kier alpha value is -1.31. The van der Waals surface area contributed by atoms with Crippen molar-refractivity contribution in [2.45, 2.75) is 32.1 Å². The summed E-state index contributed by atoms with van der Waals surface area (Å²) in [4.78, 5) is 13.9. The van der Waals surface area contributed by atoms with Crippen LogP contribution in [0.25, 0.3) is 0 Å². The Balaban J connectivity index is 2.29. The molecule has 2 heterocycles. The van der Waals surface area contributed by atoms with Crippen LogP contribution in [0.15, 0.2) is 18.2 Å². The Bertz CT molecular complexity index is 448. The monoisotopic (exact) mass is 201 g/mol. The largest absolute Gasteiger partial charge is 0.311 e. The summed E-state index contributed by atoms with van der Waals surface area (Å²) in [6.07, 6.45) is 1.66. The second-order valence-electron chi connectivity index (χ2n) is 5.17. The molecule has 0 fully saturated rings. The first kappa shape index (κ1) is 8.96. The van der Waals surface area contributed by atoms with E-state index in [-0.39, 0.29) is 11.3 Å². The van der Waals surface area contributed by atoms with E-state index in [0.717, 1.165) is 13.0 Å². The van der Waals surface area contributed by atoms with Gasteiger partial charge in [-0.25, -0.2) is 0 Å². The molecule has 0 N–H and O–H groups in total. The van der Waals surface area contributed by atoms with E-state index >= 15 is 0 Å². The first-order valence-corrected chi connectivity index (χ1v) is 5.52. The SMILES string of the molecule is CC1(C)CC(=O)N2CCc3cccc1c32. The number of rotatable bonds is 0. The van der Waals surface area contributed by atoms with Gasteiger partial charge in [0.2, 0.25) is 5.91 Å². The lowest BCUT2D eigenvalue weighted by atomic mass is 9.77. The minimum atomic E-state index is 0.00324. The second kappa shape index (κ2) is 2.63. The van der Waals surface area contributed by atoms with Gasteiger partial charge in [-0.1, -0.05) is 32.0 Å². The lowest BCUT2D eigenvalue weighted by Gasteiger charge is -2.36. The summed E-state index contributed by atoms with van der Waals surface area (Å²) in [7, 11) is 0. The van der Waals surface area contributed by atoms with Gasteiger partial charge in [-0.15, -0.1) is 0 Å². The molecule has 2 heteroatoms. The highest BCUT2D eigenvalue weighted by molar-refractivity contribution is 6.00. The molecule has 1 amide bonds. The Morgan fingerprint density at radius 3 is 2.93 bits per heavy atom. The average Bonchev–Trinajstić information content (AvgIpc) is 2.58. The number of para-hydroxylation sites is 1. The zero-order chi connectivity index (χ0) is 10.6. The maximum atomic E-state index is 12.0. The molecular formula is C13H15NO. The smallest absolute Gasteiger partial charge is 0.227 e. The van der Waals surface area contributed by atoms with E-state index < -0.39 is 0 Å². The molecule has 0 aliphatic carbocycles. The van der Waals surface area contributed by atoms with Crippen LogP contribution in [-0.2, 0) is 16.6 Å². The van der Waals surface area contributed by atoms with Gasteiger partial charge in [0.15, 0.2) is 0 Å². The highest BCUT2D eigenvalue weighted by Gasteiger charge is 2.39. The van der Waals surface area contributed by atoms with Crippen molar-refractivity contribution >= 4 is 11.6 Å². The van der Waals surface area contributed by atoms with Crippen molar-refractivity contribution < 1.29 is 4.79 Å². The van der Waals surface area contributed by atoms with Crippen molar-refractivity contribution in [2.24, 2.45) is 0 Å². The third kappa shape index (κ3) is 1.08. The number of nitrogens with zero attached hydrogens (tertiary/aromatic N) is 1. The van der Waals surface area contributed by atoms with E-state index in [1.165, 1.54) is 16.8 Å². The summed E-state index contributed by atoms with van der Waals surface area (Å²) in [6.45, 7) is 5.20. The predicted molar refractivity (Wildman–Crippen MR) is 60.1 cm³/mol. The van der Waals surface area contributed by atoms with Gasteiger partial charge in [0.25, 0.3) is 0 Å². The van der Waals surface area contributed by atoms with Crippen LogP contribution in [-0.4, -0.2) is 12.5 Å². The molecule has 0 radical (unpaired) electrons. The van der Waals surface area contributed by atoms with Gasteiger partial charge >= 0.3 is 0 Å². The zero-order valence-electron chi connectivity index (χ0n) is 9.21. The number of carbonyl (C=O) groups is 1. The Morgan fingerprint density at radius 1 is 1.33 bits per heavy atom. The summed E-state index contributed by atoms with van der Waals surface area (Å²) in [6, 6.07) is 6.44. The molecule has 0 atom stereocenters. The molecule has 0 spiro atoms. The topological polar surface area (TPSA) is 20.3 Å². The van der Waals surface area contributed by atoms with Crippen LogP contribution in [0.5, 0.6) is 0 Å². The summed E-state index contributed by atoms with van der Waals surface area (Å²) in [5.74, 6) is 0.289. The van der Waals surface area contributed by atoms with E-state index in [9.17, 15) is 4.79 Å². The lowest BCUT2D eigenvalue weighted by Crippen LogP contribution is -2.40. The molecule has 1 aromatic carbocycles. The molecule has 1 aromatic rings. The number of hydrogen-bond donors (Lipinski definition) is 0. The van der Waals surface area contributed by atoms with Crippen LogP contribution < -0.4 is 4.90 Å². The van der Waals surface area contributed by atoms with Gasteiger partial charge in [-0.3, -0.25) is 4.79 Å². The molecular weight excluding hydrogens is 186 g/mol. The standard InChI is InChI=1S/C13H15NO/c1-13(2)8-11(15)14-7-6-9-4-3-5-10(13)12(9)14/h3-5H,6-8H2,1-2H3. The van der Waals surface area contributed by atoms with Crippen LogP contribution >= 0.6 is 0 Å². The molecule has 0 saturated carbocycles. The maximum Gasteiger partial charge on any atom is 0.227 e. The van der Waals surface area contributed by atoms with Gasteiger partial charge in [-0.2, -0.15) is 0 Å². The van der Waals surface area contributed by atoms with Crippen molar-refractivity contribution in [3.63, 3.8) is 0 Å². The van der Waals surface area contributed by atoms with Crippen LogP contribution in [0.1, 0.15) is 31.4 Å². The normalized spacial score (nSPS) is 21.7. The summed E-state index contributed by atoms with van der Waals surface area (Å²) in [5.41, 5.74) is 3.90. The Kier molecular flexibility index (Phi) is 1.57. The minimum Gasteiger partial charge on any atom is -0.311 e. The third-order valence-electron chi connectivity index (χ3n) is 3.62. The number of carbonyl (C=O) groups excluding carboxylic acids is 1. The number of anilines is 1. The van der Waals surface area contributed by atoms with Gasteiger partial charge in [0, 0.05) is 18.4 Å². The first-order chi connectivity index (χ1) is 7.09. The Labute approximate surface area is 89.9 Å². The molecule has 0 aromatic heterocycles. The number of amides is 1. The molecule has 0 saturated heterocycles. The summed E-state index contributed by atoms with van der Waals surface area (Å²) < 4.78 is 0. The molecule has 0 unspecified atom stereocenters. The van der Waals surface area contributed by atoms with E-state index in [1.54, 1.807) is 0 Å². The van der Waals surface area contributed by atoms with Crippen molar-refractivity contribution in [3.05, 3.63) is 29.3 Å². The van der Waals surface area contributed by atoms with E-state index in [0.29, 0.717) is 6.42 Å². The summed E-state index contributed by atoms with van der Waals surface area (Å²) >= 11 is 0. The molecule has 0 bridgehead atoms. The predicted octanol–water partition coefficient (Wildman–Crippen LogP) is 2.26. The van der Waals surface area contributed by atoms with E-state index in [1.807, 2.05) is 4.90 Å². The maximum absolute atomic E-state index is 12.0. The van der Waals surface area contributed by atoms with Crippen molar-refractivity contribution in [1.29, 1.82) is 0 Å². The van der Waals surface area contributed by atoms with E-state index in [4.69, 9.17) is 0 Å². The van der Waals surface area contributed by atoms with Crippen LogP contribution in [0.4, 0.5) is 5.69 Å². The average molecular weight is 201 g/mol. The molecule has 3 rings (SSSR count). The fourth-order valence-corrected chi connectivity index (χ4v) is 2.82. The van der Waals surface area contributed by atoms with Crippen LogP contribution in [0, 0.1) is 0 Å². The quantitative estimate of drug-likeness (QED) is 0.630. The van der Waals surface area contributed by atoms with Gasteiger partial charge < -0.3 is 4.90 Å². The molecule has 15 heavy (non-hydrogen) atoms. The van der Waals surface area contributed by atoms with Gasteiger partial charge in [0.05, 0.1) is 5.69 Å². The van der Waals surface area contributed by atoms with Crippen LogP contribution in [0.3, 0.4) is 0 Å². The fraction of sp³-hybridized carbons (Fsp3) is 0.462. The highest BCUT2D eigenvalue weighted by Crippen LogP contribution is 2.44. The molecule has 78 valence electrons. The number of hydrogen-bond acceptors (Lipinski definition) is 1. The lowest BCUT2D eigenvalue weighted by molar-refractivity contribution is -0.120.